The number of hydrogen-bond acceptors (Lipinski definition) is 4. The Kier molecular flexibility index (Phi) is 3.39. The molecule has 4 N–H and O–H groups in total. The molecule has 1 heterocycles. The van der Waals surface area contributed by atoms with Crippen molar-refractivity contribution in [2.45, 2.75) is 25.8 Å². The first-order valence-corrected chi connectivity index (χ1v) is 4.93. The molecule has 0 saturated heterocycles. The monoisotopic (exact) mass is 199 g/mol. The average Bonchev–Trinajstić information content (AvgIpc) is 2.50. The van der Waals surface area contributed by atoms with Gasteiger partial charge in [0, 0.05) is 17.5 Å². The van der Waals surface area contributed by atoms with E-state index in [4.69, 9.17) is 11.5 Å². The van der Waals surface area contributed by atoms with Crippen molar-refractivity contribution in [1.82, 2.24) is 4.98 Å². The molecule has 5 heteroatoms. The maximum absolute atomic E-state index is 10.6. The van der Waals surface area contributed by atoms with E-state index in [0.717, 1.165) is 11.4 Å². The third-order valence-corrected chi connectivity index (χ3v) is 2.93. The van der Waals surface area contributed by atoms with Crippen LogP contribution in [0.1, 0.15) is 29.3 Å². The Labute approximate surface area is 81.0 Å². The molecule has 1 amide bonds. The zero-order valence-electron chi connectivity index (χ0n) is 7.49. The largest absolute Gasteiger partial charge is 0.370 e. The molecule has 0 fully saturated rings. The summed E-state index contributed by atoms with van der Waals surface area (Å²) >= 11 is 1.54. The quantitative estimate of drug-likeness (QED) is 0.744. The summed E-state index contributed by atoms with van der Waals surface area (Å²) in [6, 6.07) is -0.345. The minimum absolute atomic E-state index is 0.163. The molecule has 1 aromatic rings. The minimum Gasteiger partial charge on any atom is -0.370 e. The average molecular weight is 199 g/mol. The molecular weight excluding hydrogens is 186 g/mol. The second kappa shape index (κ2) is 4.34. The number of hydrogen-bond donors (Lipinski definition) is 2. The number of thiazole rings is 1. The van der Waals surface area contributed by atoms with Gasteiger partial charge in [-0.3, -0.25) is 4.79 Å². The van der Waals surface area contributed by atoms with Crippen LogP contribution in [0.2, 0.25) is 0 Å². The highest BCUT2D eigenvalue weighted by molar-refractivity contribution is 7.11. The van der Waals surface area contributed by atoms with Crippen LogP contribution in [-0.2, 0) is 11.2 Å². The summed E-state index contributed by atoms with van der Waals surface area (Å²) < 4.78 is 0. The summed E-state index contributed by atoms with van der Waals surface area (Å²) in [5, 5.41) is 0.788. The Bertz CT molecular complexity index is 297. The Balaban J connectivity index is 2.65. The van der Waals surface area contributed by atoms with E-state index < -0.39 is 0 Å². The summed E-state index contributed by atoms with van der Waals surface area (Å²) in [5.41, 5.74) is 10.7. The highest BCUT2D eigenvalue weighted by atomic mass is 32.1. The van der Waals surface area contributed by atoms with Crippen molar-refractivity contribution in [2.75, 3.05) is 0 Å². The van der Waals surface area contributed by atoms with Gasteiger partial charge in [-0.1, -0.05) is 6.92 Å². The van der Waals surface area contributed by atoms with Crippen LogP contribution in [0.25, 0.3) is 0 Å². The molecule has 0 aliphatic carbocycles. The molecule has 0 radical (unpaired) electrons. The molecule has 0 spiro atoms. The fourth-order valence-electron chi connectivity index (χ4n) is 0.962. The van der Waals surface area contributed by atoms with Gasteiger partial charge in [0.2, 0.25) is 5.91 Å². The maximum Gasteiger partial charge on any atom is 0.219 e. The van der Waals surface area contributed by atoms with E-state index >= 15 is 0 Å². The summed E-state index contributed by atoms with van der Waals surface area (Å²) in [6.45, 7) is 2.05. The summed E-state index contributed by atoms with van der Waals surface area (Å²) in [5.74, 6) is -0.388. The molecule has 0 aromatic carbocycles. The Morgan fingerprint density at radius 3 is 2.92 bits per heavy atom. The molecule has 1 rings (SSSR count). The molecule has 0 saturated carbocycles. The van der Waals surface area contributed by atoms with E-state index in [1.165, 1.54) is 16.2 Å². The second-order valence-corrected chi connectivity index (χ2v) is 3.94. The van der Waals surface area contributed by atoms with E-state index in [0.29, 0.717) is 0 Å². The molecule has 0 unspecified atom stereocenters. The molecule has 1 atom stereocenters. The van der Waals surface area contributed by atoms with Crippen LogP contribution in [0.15, 0.2) is 6.20 Å². The fraction of sp³-hybridized carbons (Fsp3) is 0.500. The van der Waals surface area contributed by atoms with Gasteiger partial charge in [0.15, 0.2) is 0 Å². The Morgan fingerprint density at radius 2 is 2.46 bits per heavy atom. The smallest absolute Gasteiger partial charge is 0.219 e. The van der Waals surface area contributed by atoms with E-state index in [2.05, 4.69) is 11.9 Å². The molecular formula is C8H13N3OS. The van der Waals surface area contributed by atoms with Crippen molar-refractivity contribution in [3.63, 3.8) is 0 Å². The van der Waals surface area contributed by atoms with Gasteiger partial charge in [-0.05, 0) is 6.42 Å². The Hall–Kier alpha value is -0.940. The third kappa shape index (κ3) is 2.78. The number of aryl methyl sites for hydroxylation is 1. The number of nitrogens with two attached hydrogens (primary N) is 2. The molecule has 13 heavy (non-hydrogen) atoms. The standard InChI is InChI=1S/C8H13N3OS/c1-2-5-4-11-8(13-5)6(9)3-7(10)12/h4,6H,2-3,9H2,1H3,(H2,10,12)/t6-/m1/s1. The van der Waals surface area contributed by atoms with Gasteiger partial charge in [0.1, 0.15) is 5.01 Å². The normalized spacial score (nSPS) is 12.8. The number of nitrogens with zero attached hydrogens (tertiary/aromatic N) is 1. The topological polar surface area (TPSA) is 82.0 Å². The first kappa shape index (κ1) is 10.1. The lowest BCUT2D eigenvalue weighted by Crippen LogP contribution is -2.20. The van der Waals surface area contributed by atoms with E-state index in [1.54, 1.807) is 6.20 Å². The van der Waals surface area contributed by atoms with Crippen LogP contribution < -0.4 is 11.5 Å². The number of carbonyl (C=O) groups excluding carboxylic acids is 1. The van der Waals surface area contributed by atoms with Crippen molar-refractivity contribution >= 4 is 17.2 Å². The SMILES string of the molecule is CCc1cnc([C@H](N)CC(N)=O)s1. The highest BCUT2D eigenvalue weighted by Gasteiger charge is 2.12. The summed E-state index contributed by atoms with van der Waals surface area (Å²) in [6.07, 6.45) is 2.90. The van der Waals surface area contributed by atoms with Crippen LogP contribution >= 0.6 is 11.3 Å². The first-order valence-electron chi connectivity index (χ1n) is 4.12. The zero-order valence-corrected chi connectivity index (χ0v) is 8.30. The second-order valence-electron chi connectivity index (χ2n) is 2.80. The summed E-state index contributed by atoms with van der Waals surface area (Å²) in [7, 11) is 0. The number of primary amides is 1. The first-order chi connectivity index (χ1) is 6.13. The molecule has 4 nitrogen and oxygen atoms in total. The van der Waals surface area contributed by atoms with Crippen molar-refractivity contribution in [3.05, 3.63) is 16.1 Å². The van der Waals surface area contributed by atoms with Crippen molar-refractivity contribution in [1.29, 1.82) is 0 Å². The lowest BCUT2D eigenvalue weighted by Gasteiger charge is -2.03. The molecule has 0 aliphatic heterocycles. The van der Waals surface area contributed by atoms with Gasteiger partial charge in [-0.25, -0.2) is 4.98 Å². The van der Waals surface area contributed by atoms with Crippen LogP contribution in [0, 0.1) is 0 Å². The van der Waals surface area contributed by atoms with Gasteiger partial charge >= 0.3 is 0 Å². The molecule has 0 bridgehead atoms. The minimum atomic E-state index is -0.388. The van der Waals surface area contributed by atoms with Crippen LogP contribution in [0.5, 0.6) is 0 Å². The number of amides is 1. The number of rotatable bonds is 4. The molecule has 72 valence electrons. The van der Waals surface area contributed by atoms with Gasteiger partial charge in [-0.2, -0.15) is 0 Å². The predicted molar refractivity (Wildman–Crippen MR) is 52.2 cm³/mol. The van der Waals surface area contributed by atoms with Crippen LogP contribution in [-0.4, -0.2) is 10.9 Å². The number of aromatic nitrogens is 1. The van der Waals surface area contributed by atoms with Gasteiger partial charge < -0.3 is 11.5 Å². The van der Waals surface area contributed by atoms with E-state index in [-0.39, 0.29) is 18.4 Å². The van der Waals surface area contributed by atoms with Crippen molar-refractivity contribution < 1.29 is 4.79 Å². The van der Waals surface area contributed by atoms with Gasteiger partial charge in [0.05, 0.1) is 6.04 Å². The van der Waals surface area contributed by atoms with Crippen molar-refractivity contribution in [2.24, 2.45) is 11.5 Å². The predicted octanol–water partition coefficient (Wildman–Crippen LogP) is 0.581. The Morgan fingerprint density at radius 1 is 1.77 bits per heavy atom. The molecule has 1 aromatic heterocycles. The van der Waals surface area contributed by atoms with E-state index in [1.807, 2.05) is 0 Å². The molecule has 0 aliphatic rings. The maximum atomic E-state index is 10.6. The van der Waals surface area contributed by atoms with Gasteiger partial charge in [-0.15, -0.1) is 11.3 Å². The van der Waals surface area contributed by atoms with Crippen molar-refractivity contribution in [3.8, 4) is 0 Å². The third-order valence-electron chi connectivity index (χ3n) is 1.66. The lowest BCUT2D eigenvalue weighted by atomic mass is 10.2. The van der Waals surface area contributed by atoms with Gasteiger partial charge in [0.25, 0.3) is 0 Å². The van der Waals surface area contributed by atoms with Crippen LogP contribution in [0.4, 0.5) is 0 Å². The van der Waals surface area contributed by atoms with Crippen LogP contribution in [0.3, 0.4) is 0 Å². The lowest BCUT2D eigenvalue weighted by molar-refractivity contribution is -0.118. The summed E-state index contributed by atoms with van der Waals surface area (Å²) in [4.78, 5) is 15.9. The van der Waals surface area contributed by atoms with E-state index in [9.17, 15) is 4.79 Å². The number of carbonyl (C=O) groups is 1. The zero-order chi connectivity index (χ0) is 9.84. The fourth-order valence-corrected chi connectivity index (χ4v) is 1.82. The highest BCUT2D eigenvalue weighted by Crippen LogP contribution is 2.20.